The Morgan fingerprint density at radius 3 is 1.34 bits per heavy atom. The number of benzene rings is 2. The molecule has 2 aromatic rings. The maximum atomic E-state index is 2.48. The van der Waals surface area contributed by atoms with Crippen LogP contribution in [0.15, 0.2) is 60.7 Å². The summed E-state index contributed by atoms with van der Waals surface area (Å²) in [5.74, 6) is 1.56. The predicted octanol–water partition coefficient (Wildman–Crippen LogP) is 8.34. The molecular weight excluding hydrogens is 502 g/mol. The summed E-state index contributed by atoms with van der Waals surface area (Å²) in [5.41, 5.74) is 2.10. The van der Waals surface area contributed by atoms with Crippen molar-refractivity contribution in [3.63, 3.8) is 0 Å². The molecule has 2 aromatic carbocycles. The first-order valence-corrected chi connectivity index (χ1v) is 15.0. The molecule has 184 valence electrons. The van der Waals surface area contributed by atoms with Crippen molar-refractivity contribution in [2.45, 2.75) is 64.4 Å². The fourth-order valence-corrected chi connectivity index (χ4v) is 12.7. The molecule has 0 nitrogen and oxygen atoms in total. The minimum atomic E-state index is -0.548. The van der Waals surface area contributed by atoms with Crippen LogP contribution >= 0.6 is 15.8 Å². The van der Waals surface area contributed by atoms with Crippen LogP contribution in [0.5, 0.6) is 0 Å². The molecule has 0 heterocycles. The van der Waals surface area contributed by atoms with Crippen LogP contribution in [0.4, 0.5) is 0 Å². The van der Waals surface area contributed by atoms with Crippen LogP contribution in [0.3, 0.4) is 0 Å². The van der Waals surface area contributed by atoms with Crippen molar-refractivity contribution in [3.8, 4) is 0 Å². The predicted molar refractivity (Wildman–Crippen MR) is 156 cm³/mol. The van der Waals surface area contributed by atoms with E-state index in [0.717, 1.165) is 0 Å². The minimum Gasteiger partial charge on any atom is -0.0921 e. The summed E-state index contributed by atoms with van der Waals surface area (Å²) in [4.78, 5) is 0. The van der Waals surface area contributed by atoms with E-state index in [1.54, 1.807) is 5.92 Å². The van der Waals surface area contributed by atoms with Crippen LogP contribution in [0, 0.1) is 62.9 Å². The van der Waals surface area contributed by atoms with E-state index >= 15 is 0 Å². The minimum absolute atomic E-state index is 0. The fourth-order valence-electron chi connectivity index (χ4n) is 5.19. The third-order valence-corrected chi connectivity index (χ3v) is 12.4. The molecule has 35 heavy (non-hydrogen) atoms. The Labute approximate surface area is 230 Å². The molecule has 0 amide bonds. The summed E-state index contributed by atoms with van der Waals surface area (Å²) in [7, 11) is -0.771. The second kappa shape index (κ2) is 14.1. The Morgan fingerprint density at radius 2 is 0.971 bits per heavy atom. The van der Waals surface area contributed by atoms with E-state index in [2.05, 4.69) is 128 Å². The normalized spacial score (nSPS) is 18.3. The Hall–Kier alpha value is -0.181. The Bertz CT molecular complexity index is 772. The summed E-state index contributed by atoms with van der Waals surface area (Å²) in [6, 6.07) is 22.2. The Kier molecular flexibility index (Phi) is 12.5. The van der Waals surface area contributed by atoms with Gasteiger partial charge in [0.1, 0.15) is 0 Å². The molecule has 0 aliphatic heterocycles. The van der Waals surface area contributed by atoms with Crippen LogP contribution in [0.1, 0.15) is 48.5 Å². The maximum absolute atomic E-state index is 2.48. The first-order chi connectivity index (χ1) is 16.1. The van der Waals surface area contributed by atoms with Gasteiger partial charge in [0.05, 0.1) is 0 Å². The standard InChI is InChI=1S/C27H35P2.C5H5.Fe/c1-21(29(26(2,3)4)27(5,6)7)24-19-14-20-25(24)28(22-15-10-8-11-16-22)23-17-12-9-13-18-23;1-2-4-5-3-1;/h8-21H,1-7H3;1-5H;/q;;+2. The SMILES string of the molecule is CC([C]1[CH][CH][CH][C]1P(c1ccccc1)c1ccccc1)P(C(C)(C)C)C(C)(C)C.[CH]1[CH][CH][CH][CH]1.[Fe+2]. The van der Waals surface area contributed by atoms with Gasteiger partial charge in [-0.05, 0) is 91.8 Å². The van der Waals surface area contributed by atoms with Crippen LogP contribution in [-0.2, 0) is 17.1 Å². The van der Waals surface area contributed by atoms with Gasteiger partial charge in [0.25, 0.3) is 0 Å². The fraction of sp³-hybridized carbons (Fsp3) is 0.312. The van der Waals surface area contributed by atoms with Crippen molar-refractivity contribution in [2.24, 2.45) is 0 Å². The van der Waals surface area contributed by atoms with Gasteiger partial charge in [0.2, 0.25) is 0 Å². The Morgan fingerprint density at radius 1 is 0.571 bits per heavy atom. The molecule has 2 fully saturated rings. The van der Waals surface area contributed by atoms with Crippen LogP contribution in [0.2, 0.25) is 0 Å². The van der Waals surface area contributed by atoms with E-state index in [1.807, 2.05) is 32.1 Å². The van der Waals surface area contributed by atoms with Gasteiger partial charge in [-0.2, -0.15) is 0 Å². The smallest absolute Gasteiger partial charge is 0.0921 e. The van der Waals surface area contributed by atoms with Crippen molar-refractivity contribution in [1.82, 2.24) is 0 Å². The van der Waals surface area contributed by atoms with Crippen molar-refractivity contribution in [3.05, 3.63) is 124 Å². The zero-order valence-corrected chi connectivity index (χ0v) is 25.1. The molecule has 0 aromatic heterocycles. The first kappa shape index (κ1) is 31.0. The third kappa shape index (κ3) is 8.68. The molecule has 1 unspecified atom stereocenters. The zero-order valence-electron chi connectivity index (χ0n) is 22.2. The maximum Gasteiger partial charge on any atom is 2.00 e. The molecule has 2 saturated carbocycles. The molecule has 3 heteroatoms. The van der Waals surface area contributed by atoms with Gasteiger partial charge in [-0.3, -0.25) is 0 Å². The summed E-state index contributed by atoms with van der Waals surface area (Å²) in [6.07, 6.45) is 17.1. The van der Waals surface area contributed by atoms with Crippen molar-refractivity contribution >= 4 is 26.5 Å². The molecule has 1 atom stereocenters. The van der Waals surface area contributed by atoms with Crippen molar-refractivity contribution in [1.29, 1.82) is 0 Å². The monoisotopic (exact) mass is 542 g/mol. The van der Waals surface area contributed by atoms with Crippen LogP contribution < -0.4 is 10.6 Å². The van der Waals surface area contributed by atoms with E-state index in [0.29, 0.717) is 16.0 Å². The second-order valence-corrected chi connectivity index (χ2v) is 17.1. The van der Waals surface area contributed by atoms with Crippen LogP contribution in [0.25, 0.3) is 0 Å². The second-order valence-electron chi connectivity index (χ2n) is 10.7. The van der Waals surface area contributed by atoms with Gasteiger partial charge in [0.15, 0.2) is 0 Å². The van der Waals surface area contributed by atoms with Gasteiger partial charge in [-0.25, -0.2) is 0 Å². The van der Waals surface area contributed by atoms with Gasteiger partial charge in [-0.15, -0.1) is 0 Å². The van der Waals surface area contributed by atoms with Crippen LogP contribution in [-0.4, -0.2) is 16.0 Å². The summed E-state index contributed by atoms with van der Waals surface area (Å²) in [5, 5.41) is 3.49. The van der Waals surface area contributed by atoms with E-state index in [-0.39, 0.29) is 25.0 Å². The van der Waals surface area contributed by atoms with Crippen molar-refractivity contribution in [2.75, 3.05) is 0 Å². The quantitative estimate of drug-likeness (QED) is 0.263. The summed E-state index contributed by atoms with van der Waals surface area (Å²) in [6.45, 7) is 17.1. The number of hydrogen-bond donors (Lipinski definition) is 0. The van der Waals surface area contributed by atoms with Gasteiger partial charge in [0, 0.05) is 5.66 Å². The average Bonchev–Trinajstić information content (AvgIpc) is 3.49. The molecule has 0 saturated heterocycles. The van der Waals surface area contributed by atoms with E-state index in [1.165, 1.54) is 16.3 Å². The Balaban J connectivity index is 0.000000640. The molecule has 0 spiro atoms. The van der Waals surface area contributed by atoms with Gasteiger partial charge in [-0.1, -0.05) is 117 Å². The molecule has 2 aliphatic carbocycles. The summed E-state index contributed by atoms with van der Waals surface area (Å²) < 4.78 is 0. The van der Waals surface area contributed by atoms with E-state index < -0.39 is 7.92 Å². The zero-order chi connectivity index (χ0) is 24.8. The number of rotatable bonds is 5. The molecule has 10 radical (unpaired) electrons. The number of hydrogen-bond acceptors (Lipinski definition) is 0. The molecule has 0 N–H and O–H groups in total. The first-order valence-electron chi connectivity index (χ1n) is 12.2. The van der Waals surface area contributed by atoms with E-state index in [9.17, 15) is 0 Å². The largest absolute Gasteiger partial charge is 2.00 e. The van der Waals surface area contributed by atoms with E-state index in [4.69, 9.17) is 0 Å². The van der Waals surface area contributed by atoms with Crippen molar-refractivity contribution < 1.29 is 17.1 Å². The molecule has 2 aliphatic rings. The van der Waals surface area contributed by atoms with Gasteiger partial charge < -0.3 is 0 Å². The average molecular weight is 542 g/mol. The molecule has 0 bridgehead atoms. The summed E-state index contributed by atoms with van der Waals surface area (Å²) >= 11 is 0. The van der Waals surface area contributed by atoms with Gasteiger partial charge >= 0.3 is 17.1 Å². The third-order valence-electron chi connectivity index (χ3n) is 5.93. The topological polar surface area (TPSA) is 0 Å². The molecular formula is C32H40FeP2+2. The molecule has 4 rings (SSSR count).